The molecule has 2 aromatic rings. The van der Waals surface area contributed by atoms with Crippen molar-refractivity contribution in [3.8, 4) is 0 Å². The third kappa shape index (κ3) is 4.17. The summed E-state index contributed by atoms with van der Waals surface area (Å²) in [6.45, 7) is 0.805. The molecule has 0 bridgehead atoms. The zero-order valence-electron chi connectivity index (χ0n) is 13.8. The first-order valence-corrected chi connectivity index (χ1v) is 9.01. The molecule has 1 saturated heterocycles. The number of benzene rings is 2. The third-order valence-corrected chi connectivity index (χ3v) is 4.99. The fourth-order valence-corrected chi connectivity index (χ4v) is 3.43. The molecule has 1 aliphatic rings. The van der Waals surface area contributed by atoms with Crippen LogP contribution in [0.5, 0.6) is 0 Å². The number of carbonyl (C=O) groups is 2. The Labute approximate surface area is 160 Å². The van der Waals surface area contributed by atoms with Crippen molar-refractivity contribution in [1.29, 1.82) is 0 Å². The van der Waals surface area contributed by atoms with Crippen molar-refractivity contribution in [2.75, 3.05) is 18.4 Å². The summed E-state index contributed by atoms with van der Waals surface area (Å²) in [4.78, 5) is 26.4. The Balaban J connectivity index is 1.59. The van der Waals surface area contributed by atoms with E-state index in [1.165, 1.54) is 12.1 Å². The standard InChI is InChI=1S/C19H17Cl2FN2O2/c20-13-5-6-17(15(21)11-13)23-18(25)12-7-9-24(10-8-12)19(26)14-3-1-2-4-16(14)22/h1-6,11-12H,7-10H2,(H,23,25). The highest BCUT2D eigenvalue weighted by Crippen LogP contribution is 2.27. The normalized spacial score (nSPS) is 15.0. The fourth-order valence-electron chi connectivity index (χ4n) is 2.98. The Morgan fingerprint density at radius 2 is 1.77 bits per heavy atom. The largest absolute Gasteiger partial charge is 0.339 e. The monoisotopic (exact) mass is 394 g/mol. The quantitative estimate of drug-likeness (QED) is 0.825. The van der Waals surface area contributed by atoms with E-state index in [9.17, 15) is 14.0 Å². The van der Waals surface area contributed by atoms with E-state index in [-0.39, 0.29) is 23.3 Å². The number of likely N-dealkylation sites (tertiary alicyclic amines) is 1. The molecule has 1 heterocycles. The van der Waals surface area contributed by atoms with Gasteiger partial charge in [-0.05, 0) is 43.2 Å². The van der Waals surface area contributed by atoms with Gasteiger partial charge in [0.05, 0.1) is 16.3 Å². The predicted octanol–water partition coefficient (Wildman–Crippen LogP) is 4.62. The Hall–Kier alpha value is -2.11. The van der Waals surface area contributed by atoms with Crippen LogP contribution < -0.4 is 5.32 Å². The van der Waals surface area contributed by atoms with Crippen molar-refractivity contribution in [2.24, 2.45) is 5.92 Å². The summed E-state index contributed by atoms with van der Waals surface area (Å²) in [5, 5.41) is 3.67. The van der Waals surface area contributed by atoms with E-state index in [2.05, 4.69) is 5.32 Å². The number of nitrogens with zero attached hydrogens (tertiary/aromatic N) is 1. The molecule has 0 atom stereocenters. The second kappa shape index (κ2) is 8.06. The average Bonchev–Trinajstić information content (AvgIpc) is 2.64. The number of carbonyl (C=O) groups excluding carboxylic acids is 2. The van der Waals surface area contributed by atoms with Gasteiger partial charge in [-0.25, -0.2) is 4.39 Å². The molecule has 0 aliphatic carbocycles. The van der Waals surface area contributed by atoms with Gasteiger partial charge in [-0.3, -0.25) is 9.59 Å². The van der Waals surface area contributed by atoms with Crippen molar-refractivity contribution in [3.05, 3.63) is 63.9 Å². The maximum Gasteiger partial charge on any atom is 0.256 e. The summed E-state index contributed by atoms with van der Waals surface area (Å²) in [7, 11) is 0. The van der Waals surface area contributed by atoms with E-state index in [1.54, 1.807) is 35.2 Å². The lowest BCUT2D eigenvalue weighted by Gasteiger charge is -2.31. The highest BCUT2D eigenvalue weighted by atomic mass is 35.5. The second-order valence-electron chi connectivity index (χ2n) is 6.16. The second-order valence-corrected chi connectivity index (χ2v) is 7.00. The summed E-state index contributed by atoms with van der Waals surface area (Å²) < 4.78 is 13.8. The highest BCUT2D eigenvalue weighted by Gasteiger charge is 2.29. The van der Waals surface area contributed by atoms with Gasteiger partial charge in [0, 0.05) is 24.0 Å². The summed E-state index contributed by atoms with van der Waals surface area (Å²) in [5.41, 5.74) is 0.564. The van der Waals surface area contributed by atoms with Crippen LogP contribution in [0.2, 0.25) is 10.0 Å². The van der Waals surface area contributed by atoms with E-state index in [0.29, 0.717) is 41.7 Å². The summed E-state index contributed by atoms with van der Waals surface area (Å²) in [5.74, 6) is -1.25. The Kier molecular flexibility index (Phi) is 5.79. The number of piperidine rings is 1. The van der Waals surface area contributed by atoms with Gasteiger partial charge < -0.3 is 10.2 Å². The molecule has 4 nitrogen and oxygen atoms in total. The van der Waals surface area contributed by atoms with Crippen LogP contribution in [0.15, 0.2) is 42.5 Å². The number of hydrogen-bond donors (Lipinski definition) is 1. The molecule has 0 radical (unpaired) electrons. The molecule has 26 heavy (non-hydrogen) atoms. The Morgan fingerprint density at radius 3 is 2.42 bits per heavy atom. The first-order chi connectivity index (χ1) is 12.5. The van der Waals surface area contributed by atoms with E-state index in [0.717, 1.165) is 0 Å². The molecule has 0 aromatic heterocycles. The molecule has 7 heteroatoms. The van der Waals surface area contributed by atoms with Crippen LogP contribution in [0.4, 0.5) is 10.1 Å². The molecule has 0 unspecified atom stereocenters. The van der Waals surface area contributed by atoms with Crippen molar-refractivity contribution < 1.29 is 14.0 Å². The molecule has 2 amide bonds. The highest BCUT2D eigenvalue weighted by molar-refractivity contribution is 6.36. The zero-order valence-corrected chi connectivity index (χ0v) is 15.4. The Morgan fingerprint density at radius 1 is 1.08 bits per heavy atom. The number of halogens is 3. The molecular weight excluding hydrogens is 378 g/mol. The van der Waals surface area contributed by atoms with E-state index in [4.69, 9.17) is 23.2 Å². The first-order valence-electron chi connectivity index (χ1n) is 8.25. The minimum Gasteiger partial charge on any atom is -0.339 e. The van der Waals surface area contributed by atoms with Crippen molar-refractivity contribution in [3.63, 3.8) is 0 Å². The van der Waals surface area contributed by atoms with Crippen LogP contribution in [-0.4, -0.2) is 29.8 Å². The van der Waals surface area contributed by atoms with E-state index < -0.39 is 5.82 Å². The number of hydrogen-bond acceptors (Lipinski definition) is 2. The van der Waals surface area contributed by atoms with Gasteiger partial charge in [0.25, 0.3) is 5.91 Å². The van der Waals surface area contributed by atoms with Crippen LogP contribution in [0, 0.1) is 11.7 Å². The SMILES string of the molecule is O=C(Nc1ccc(Cl)cc1Cl)C1CCN(C(=O)c2ccccc2F)CC1. The van der Waals surface area contributed by atoms with E-state index >= 15 is 0 Å². The van der Waals surface area contributed by atoms with Crippen molar-refractivity contribution in [1.82, 2.24) is 4.90 Å². The number of anilines is 1. The number of nitrogens with one attached hydrogen (secondary N) is 1. The fraction of sp³-hybridized carbons (Fsp3) is 0.263. The molecule has 136 valence electrons. The van der Waals surface area contributed by atoms with Gasteiger partial charge in [0.1, 0.15) is 5.82 Å². The molecule has 1 fully saturated rings. The van der Waals surface area contributed by atoms with E-state index in [1.807, 2.05) is 0 Å². The van der Waals surface area contributed by atoms with Crippen LogP contribution >= 0.6 is 23.2 Å². The smallest absolute Gasteiger partial charge is 0.256 e. The van der Waals surface area contributed by atoms with Gasteiger partial charge in [-0.1, -0.05) is 35.3 Å². The number of amides is 2. The van der Waals surface area contributed by atoms with Gasteiger partial charge in [-0.2, -0.15) is 0 Å². The first kappa shape index (κ1) is 18.7. The minimum atomic E-state index is -0.533. The predicted molar refractivity (Wildman–Crippen MR) is 100 cm³/mol. The van der Waals surface area contributed by atoms with Crippen LogP contribution in [0.25, 0.3) is 0 Å². The zero-order chi connectivity index (χ0) is 18.7. The van der Waals surface area contributed by atoms with Gasteiger partial charge in [0.15, 0.2) is 0 Å². The Bertz CT molecular complexity index is 836. The van der Waals surface area contributed by atoms with Crippen LogP contribution in [-0.2, 0) is 4.79 Å². The summed E-state index contributed by atoms with van der Waals surface area (Å²) in [6, 6.07) is 10.8. The minimum absolute atomic E-state index is 0.0587. The molecule has 0 saturated carbocycles. The van der Waals surface area contributed by atoms with Crippen molar-refractivity contribution in [2.45, 2.75) is 12.8 Å². The van der Waals surface area contributed by atoms with Gasteiger partial charge >= 0.3 is 0 Å². The third-order valence-electron chi connectivity index (χ3n) is 4.45. The molecule has 1 aliphatic heterocycles. The summed E-state index contributed by atoms with van der Waals surface area (Å²) in [6.07, 6.45) is 1.02. The molecule has 3 rings (SSSR count). The molecule has 1 N–H and O–H groups in total. The maximum atomic E-state index is 13.8. The van der Waals surface area contributed by atoms with Gasteiger partial charge in [-0.15, -0.1) is 0 Å². The average molecular weight is 395 g/mol. The maximum absolute atomic E-state index is 13.8. The molecule has 2 aromatic carbocycles. The topological polar surface area (TPSA) is 49.4 Å². The summed E-state index contributed by atoms with van der Waals surface area (Å²) >= 11 is 11.9. The van der Waals surface area contributed by atoms with Gasteiger partial charge in [0.2, 0.25) is 5.91 Å². The number of rotatable bonds is 3. The lowest BCUT2D eigenvalue weighted by atomic mass is 9.95. The van der Waals surface area contributed by atoms with Crippen LogP contribution in [0.3, 0.4) is 0 Å². The lowest BCUT2D eigenvalue weighted by molar-refractivity contribution is -0.121. The molecular formula is C19H17Cl2FN2O2. The lowest BCUT2D eigenvalue weighted by Crippen LogP contribution is -2.41. The van der Waals surface area contributed by atoms with Crippen molar-refractivity contribution >= 4 is 40.7 Å². The van der Waals surface area contributed by atoms with Crippen LogP contribution in [0.1, 0.15) is 23.2 Å². The molecule has 0 spiro atoms.